The van der Waals surface area contributed by atoms with Gasteiger partial charge in [0.25, 0.3) is 0 Å². The Morgan fingerprint density at radius 2 is 1.91 bits per heavy atom. The highest BCUT2D eigenvalue weighted by Crippen LogP contribution is 1.99. The SMILES string of the molecule is CCNC(=NCCCN(CC)S(C)(=O)=O)NCCn1cccc1. The summed E-state index contributed by atoms with van der Waals surface area (Å²) in [5, 5.41) is 6.47. The first kappa shape index (κ1) is 19.5. The molecule has 0 spiro atoms. The summed E-state index contributed by atoms with van der Waals surface area (Å²) in [6.07, 6.45) is 5.99. The van der Waals surface area contributed by atoms with Crippen LogP contribution in [0.2, 0.25) is 0 Å². The maximum atomic E-state index is 11.5. The van der Waals surface area contributed by atoms with Crippen molar-refractivity contribution in [2.24, 2.45) is 4.99 Å². The smallest absolute Gasteiger partial charge is 0.211 e. The van der Waals surface area contributed by atoms with Gasteiger partial charge in [0.1, 0.15) is 0 Å². The molecule has 132 valence electrons. The molecule has 0 saturated carbocycles. The molecule has 1 aromatic heterocycles. The van der Waals surface area contributed by atoms with Crippen molar-refractivity contribution in [1.29, 1.82) is 0 Å². The molecule has 0 atom stereocenters. The van der Waals surface area contributed by atoms with Crippen LogP contribution in [0.15, 0.2) is 29.5 Å². The molecule has 0 amide bonds. The molecule has 0 aromatic carbocycles. The van der Waals surface area contributed by atoms with Crippen LogP contribution in [0.25, 0.3) is 0 Å². The summed E-state index contributed by atoms with van der Waals surface area (Å²) in [6.45, 7) is 7.90. The van der Waals surface area contributed by atoms with Gasteiger partial charge in [0.2, 0.25) is 10.0 Å². The second kappa shape index (κ2) is 10.3. The first-order chi connectivity index (χ1) is 11.0. The van der Waals surface area contributed by atoms with Gasteiger partial charge in [-0.3, -0.25) is 4.99 Å². The Morgan fingerprint density at radius 3 is 2.48 bits per heavy atom. The van der Waals surface area contributed by atoms with E-state index in [9.17, 15) is 8.42 Å². The molecule has 1 rings (SSSR count). The van der Waals surface area contributed by atoms with E-state index >= 15 is 0 Å². The number of hydrogen-bond donors (Lipinski definition) is 2. The Hall–Kier alpha value is -1.54. The van der Waals surface area contributed by atoms with Crippen molar-refractivity contribution < 1.29 is 8.42 Å². The lowest BCUT2D eigenvalue weighted by molar-refractivity contribution is 0.427. The van der Waals surface area contributed by atoms with Crippen molar-refractivity contribution in [2.45, 2.75) is 26.8 Å². The molecule has 2 N–H and O–H groups in total. The number of nitrogens with one attached hydrogen (secondary N) is 2. The fourth-order valence-electron chi connectivity index (χ4n) is 2.16. The highest BCUT2D eigenvalue weighted by atomic mass is 32.2. The molecule has 1 heterocycles. The summed E-state index contributed by atoms with van der Waals surface area (Å²) in [6, 6.07) is 4.00. The number of nitrogens with zero attached hydrogens (tertiary/aromatic N) is 3. The first-order valence-electron chi connectivity index (χ1n) is 8.05. The summed E-state index contributed by atoms with van der Waals surface area (Å²) in [4.78, 5) is 4.48. The predicted molar refractivity (Wildman–Crippen MR) is 95.1 cm³/mol. The molecule has 1 aromatic rings. The van der Waals surface area contributed by atoms with E-state index in [1.54, 1.807) is 0 Å². The number of rotatable bonds is 10. The number of sulfonamides is 1. The lowest BCUT2D eigenvalue weighted by atomic mass is 10.4. The standard InChI is InChI=1S/C15H29N5O2S/c1-4-16-15(18-10-14-19-11-6-7-12-19)17-9-8-13-20(5-2)23(3,21)22/h6-7,11-12H,4-5,8-10,13-14H2,1-3H3,(H2,16,17,18). The maximum Gasteiger partial charge on any atom is 0.211 e. The van der Waals surface area contributed by atoms with Crippen LogP contribution >= 0.6 is 0 Å². The molecule has 0 aliphatic rings. The van der Waals surface area contributed by atoms with Gasteiger partial charge in [0.05, 0.1) is 6.26 Å². The van der Waals surface area contributed by atoms with Crippen LogP contribution in [0.1, 0.15) is 20.3 Å². The van der Waals surface area contributed by atoms with Crippen molar-refractivity contribution in [3.63, 3.8) is 0 Å². The Balaban J connectivity index is 2.36. The second-order valence-electron chi connectivity index (χ2n) is 5.22. The van der Waals surface area contributed by atoms with E-state index < -0.39 is 10.0 Å². The van der Waals surface area contributed by atoms with Gasteiger partial charge in [-0.15, -0.1) is 0 Å². The van der Waals surface area contributed by atoms with Gasteiger partial charge in [-0.05, 0) is 25.5 Å². The molecular formula is C15H29N5O2S. The third-order valence-corrected chi connectivity index (χ3v) is 4.71. The predicted octanol–water partition coefficient (Wildman–Crippen LogP) is 0.715. The Labute approximate surface area is 139 Å². The highest BCUT2D eigenvalue weighted by Gasteiger charge is 2.12. The largest absolute Gasteiger partial charge is 0.357 e. The number of aromatic nitrogens is 1. The minimum Gasteiger partial charge on any atom is -0.357 e. The second-order valence-corrected chi connectivity index (χ2v) is 7.20. The van der Waals surface area contributed by atoms with Crippen LogP contribution < -0.4 is 10.6 Å². The molecule has 23 heavy (non-hydrogen) atoms. The Morgan fingerprint density at radius 1 is 1.22 bits per heavy atom. The van der Waals surface area contributed by atoms with E-state index in [4.69, 9.17) is 0 Å². The molecular weight excluding hydrogens is 314 g/mol. The third kappa shape index (κ3) is 8.03. The van der Waals surface area contributed by atoms with Crippen LogP contribution in [0.4, 0.5) is 0 Å². The molecule has 0 radical (unpaired) electrons. The zero-order chi connectivity index (χ0) is 17.1. The van der Waals surface area contributed by atoms with Gasteiger partial charge < -0.3 is 15.2 Å². The van der Waals surface area contributed by atoms with Gasteiger partial charge >= 0.3 is 0 Å². The molecule has 0 aliphatic carbocycles. The van der Waals surface area contributed by atoms with E-state index in [0.717, 1.165) is 25.6 Å². The summed E-state index contributed by atoms with van der Waals surface area (Å²) < 4.78 is 26.6. The van der Waals surface area contributed by atoms with Gasteiger partial charge in [-0.1, -0.05) is 6.92 Å². The van der Waals surface area contributed by atoms with Crippen LogP contribution in [-0.2, 0) is 16.6 Å². The molecule has 8 heteroatoms. The lowest BCUT2D eigenvalue weighted by Crippen LogP contribution is -2.39. The van der Waals surface area contributed by atoms with Crippen molar-refractivity contribution >= 4 is 16.0 Å². The molecule has 0 fully saturated rings. The van der Waals surface area contributed by atoms with Gasteiger partial charge in [0, 0.05) is 51.7 Å². The highest BCUT2D eigenvalue weighted by molar-refractivity contribution is 7.88. The average Bonchev–Trinajstić information content (AvgIpc) is 2.99. The monoisotopic (exact) mass is 343 g/mol. The normalized spacial score (nSPS) is 12.6. The van der Waals surface area contributed by atoms with Crippen LogP contribution in [-0.4, -0.2) is 62.2 Å². The van der Waals surface area contributed by atoms with Crippen molar-refractivity contribution in [2.75, 3.05) is 39.0 Å². The van der Waals surface area contributed by atoms with Crippen LogP contribution in [0.3, 0.4) is 0 Å². The number of guanidine groups is 1. The molecule has 0 bridgehead atoms. The van der Waals surface area contributed by atoms with E-state index in [1.165, 1.54) is 10.6 Å². The maximum absolute atomic E-state index is 11.5. The third-order valence-electron chi connectivity index (χ3n) is 3.33. The van der Waals surface area contributed by atoms with Crippen LogP contribution in [0, 0.1) is 0 Å². The van der Waals surface area contributed by atoms with E-state index in [0.29, 0.717) is 26.1 Å². The lowest BCUT2D eigenvalue weighted by Gasteiger charge is -2.17. The quantitative estimate of drug-likeness (QED) is 0.373. The topological polar surface area (TPSA) is 78.7 Å². The van der Waals surface area contributed by atoms with E-state index in [1.807, 2.05) is 38.4 Å². The van der Waals surface area contributed by atoms with E-state index in [-0.39, 0.29) is 0 Å². The molecule has 7 nitrogen and oxygen atoms in total. The molecule has 0 saturated heterocycles. The summed E-state index contributed by atoms with van der Waals surface area (Å²) in [7, 11) is -3.11. The van der Waals surface area contributed by atoms with E-state index in [2.05, 4.69) is 20.2 Å². The van der Waals surface area contributed by atoms with Gasteiger partial charge in [-0.2, -0.15) is 0 Å². The fourth-order valence-corrected chi connectivity index (χ4v) is 3.09. The summed E-state index contributed by atoms with van der Waals surface area (Å²) >= 11 is 0. The first-order valence-corrected chi connectivity index (χ1v) is 9.90. The minimum absolute atomic E-state index is 0.498. The van der Waals surface area contributed by atoms with Crippen molar-refractivity contribution in [1.82, 2.24) is 19.5 Å². The van der Waals surface area contributed by atoms with Crippen molar-refractivity contribution in [3.8, 4) is 0 Å². The van der Waals surface area contributed by atoms with Crippen molar-refractivity contribution in [3.05, 3.63) is 24.5 Å². The molecule has 0 aliphatic heterocycles. The summed E-state index contributed by atoms with van der Waals surface area (Å²) in [5.74, 6) is 0.766. The Bertz CT molecular complexity index is 554. The van der Waals surface area contributed by atoms with Gasteiger partial charge in [0.15, 0.2) is 5.96 Å². The fraction of sp³-hybridized carbons (Fsp3) is 0.667. The van der Waals surface area contributed by atoms with Crippen LogP contribution in [0.5, 0.6) is 0 Å². The molecule has 0 unspecified atom stereocenters. The zero-order valence-electron chi connectivity index (χ0n) is 14.3. The average molecular weight is 343 g/mol. The zero-order valence-corrected chi connectivity index (χ0v) is 15.1. The Kier molecular flexibility index (Phi) is 8.71. The van der Waals surface area contributed by atoms with Gasteiger partial charge in [-0.25, -0.2) is 12.7 Å². The minimum atomic E-state index is -3.11. The summed E-state index contributed by atoms with van der Waals surface area (Å²) in [5.41, 5.74) is 0. The number of hydrogen-bond acceptors (Lipinski definition) is 3. The number of aliphatic imine (C=N–C) groups is 1.